The zero-order valence-corrected chi connectivity index (χ0v) is 45.6. The molecule has 7 aliphatic heterocycles. The van der Waals surface area contributed by atoms with E-state index in [4.69, 9.17) is 28.9 Å². The van der Waals surface area contributed by atoms with Gasteiger partial charge < -0.3 is 43.9 Å². The van der Waals surface area contributed by atoms with Crippen molar-refractivity contribution in [2.75, 3.05) is 52.4 Å². The number of hydrogen-bond donors (Lipinski definition) is 1. The monoisotopic (exact) mass is 1100 g/mol. The Balaban J connectivity index is 0.651. The van der Waals surface area contributed by atoms with Crippen LogP contribution in [0.25, 0.3) is 11.1 Å². The van der Waals surface area contributed by atoms with E-state index in [0.717, 1.165) is 33.6 Å². The minimum atomic E-state index is -0.668. The largest absolute Gasteiger partial charge is 0.497 e. The predicted molar refractivity (Wildman–Crippen MR) is 303 cm³/mol. The smallest absolute Gasteiger partial charge is 0.260 e. The summed E-state index contributed by atoms with van der Waals surface area (Å²) in [6.45, 7) is 3.76. The Morgan fingerprint density at radius 3 is 1.84 bits per heavy atom. The molecule has 0 saturated carbocycles. The van der Waals surface area contributed by atoms with Gasteiger partial charge in [-0.25, -0.2) is 0 Å². The van der Waals surface area contributed by atoms with E-state index in [1.54, 1.807) is 45.1 Å². The number of hydrogen-bond acceptors (Lipinski definition) is 13. The first-order valence-corrected chi connectivity index (χ1v) is 27.8. The number of aliphatic imine (C=N–C) groups is 2. The highest BCUT2D eigenvalue weighted by Crippen LogP contribution is 2.41. The number of amides is 7. The predicted octanol–water partition coefficient (Wildman–Crippen LogP) is 8.21. The van der Waals surface area contributed by atoms with Crippen LogP contribution in [-0.4, -0.2) is 150 Å². The van der Waals surface area contributed by atoms with Gasteiger partial charge in [-0.3, -0.25) is 48.4 Å². The van der Waals surface area contributed by atoms with Gasteiger partial charge in [-0.05, 0) is 110 Å². The van der Waals surface area contributed by atoms with Gasteiger partial charge in [-0.2, -0.15) is 0 Å². The lowest BCUT2D eigenvalue weighted by molar-refractivity contribution is -0.146. The molecule has 0 bridgehead atoms. The molecular weight excluding hydrogens is 1030 g/mol. The summed E-state index contributed by atoms with van der Waals surface area (Å²) in [7, 11) is 3.16. The molecule has 4 aromatic rings. The lowest BCUT2D eigenvalue weighted by Crippen LogP contribution is -2.51. The number of rotatable bonds is 19. The van der Waals surface area contributed by atoms with E-state index in [1.165, 1.54) is 24.2 Å². The number of imide groups is 1. The van der Waals surface area contributed by atoms with Crippen LogP contribution in [0.15, 0.2) is 107 Å². The van der Waals surface area contributed by atoms with Gasteiger partial charge in [-0.15, -0.1) is 0 Å². The molecule has 11 rings (SSSR count). The Bertz CT molecular complexity index is 3330. The van der Waals surface area contributed by atoms with Crippen molar-refractivity contribution in [1.82, 2.24) is 24.5 Å². The zero-order valence-electron chi connectivity index (χ0n) is 45.6. The molecule has 0 radical (unpaired) electrons. The second kappa shape index (κ2) is 23.5. The first-order valence-electron chi connectivity index (χ1n) is 27.8. The molecule has 19 heteroatoms. The Morgan fingerprint density at radius 2 is 1.21 bits per heavy atom. The number of carbonyl (C=O) groups excluding carboxylic acids is 7. The van der Waals surface area contributed by atoms with E-state index in [1.807, 2.05) is 86.2 Å². The van der Waals surface area contributed by atoms with Crippen molar-refractivity contribution in [3.05, 3.63) is 125 Å². The van der Waals surface area contributed by atoms with Crippen LogP contribution in [-0.2, 0) is 24.0 Å². The fourth-order valence-electron chi connectivity index (χ4n) is 11.7. The van der Waals surface area contributed by atoms with Gasteiger partial charge in [-0.1, -0.05) is 30.7 Å². The van der Waals surface area contributed by atoms with E-state index in [2.05, 4.69) is 5.32 Å². The Hall–Kier alpha value is -8.87. The van der Waals surface area contributed by atoms with Gasteiger partial charge in [0.2, 0.25) is 17.7 Å². The number of benzene rings is 4. The summed E-state index contributed by atoms with van der Waals surface area (Å²) in [6.07, 6.45) is 16.1. The number of fused-ring (bicyclic) bond motifs is 4. The molecule has 2 saturated heterocycles. The minimum Gasteiger partial charge on any atom is -0.497 e. The first kappa shape index (κ1) is 54.1. The number of ether oxygens (including phenoxy) is 4. The van der Waals surface area contributed by atoms with Crippen molar-refractivity contribution in [1.29, 1.82) is 0 Å². The topological polar surface area (TPSA) is 209 Å². The highest BCUT2D eigenvalue weighted by molar-refractivity contribution is 6.13. The van der Waals surface area contributed by atoms with Crippen LogP contribution in [0.4, 0.5) is 17.1 Å². The summed E-state index contributed by atoms with van der Waals surface area (Å²) in [5.74, 6) is 0.661. The van der Waals surface area contributed by atoms with Crippen molar-refractivity contribution in [3.8, 4) is 23.0 Å². The molecular formula is C62H64N8O11. The van der Waals surface area contributed by atoms with Crippen molar-refractivity contribution >= 4 is 82.0 Å². The maximum atomic E-state index is 14.2. The van der Waals surface area contributed by atoms with Gasteiger partial charge in [0.25, 0.3) is 23.6 Å². The number of methoxy groups -OCH3 is 2. The molecule has 81 heavy (non-hydrogen) atoms. The normalized spacial score (nSPS) is 20.7. The number of aryl methyl sites for hydroxylation is 1. The molecule has 1 unspecified atom stereocenters. The molecule has 7 aliphatic rings. The van der Waals surface area contributed by atoms with Crippen LogP contribution in [0, 0.1) is 6.92 Å². The molecule has 1 N–H and O–H groups in total. The summed E-state index contributed by atoms with van der Waals surface area (Å²) in [5.41, 5.74) is 7.18. The van der Waals surface area contributed by atoms with Crippen LogP contribution < -0.4 is 24.3 Å². The van der Waals surface area contributed by atoms with E-state index >= 15 is 0 Å². The quantitative estimate of drug-likeness (QED) is 0.0699. The van der Waals surface area contributed by atoms with Crippen LogP contribution in [0.2, 0.25) is 0 Å². The maximum absolute atomic E-state index is 14.2. The average Bonchev–Trinajstić information content (AvgIpc) is 4.53. The Labute approximate surface area is 469 Å². The summed E-state index contributed by atoms with van der Waals surface area (Å²) in [4.78, 5) is 110. The molecule has 7 amide bonds. The summed E-state index contributed by atoms with van der Waals surface area (Å²) in [6, 6.07) is 20.5. The Kier molecular flexibility index (Phi) is 15.7. The number of likely N-dealkylation sites (tertiary alicyclic amines) is 2. The molecule has 0 aromatic heterocycles. The number of anilines is 1. The lowest BCUT2D eigenvalue weighted by atomic mass is 10.0. The lowest BCUT2D eigenvalue weighted by Gasteiger charge is -2.31. The molecule has 418 valence electrons. The summed E-state index contributed by atoms with van der Waals surface area (Å²) in [5, 5.41) is 3.01. The highest BCUT2D eigenvalue weighted by atomic mass is 16.5. The average molecular weight is 1100 g/mol. The minimum absolute atomic E-state index is 0.103. The fourth-order valence-corrected chi connectivity index (χ4v) is 11.7. The zero-order chi connectivity index (χ0) is 56.3. The molecule has 4 atom stereocenters. The highest BCUT2D eigenvalue weighted by Gasteiger charge is 2.42. The second-order valence-corrected chi connectivity index (χ2v) is 21.2. The third-order valence-corrected chi connectivity index (χ3v) is 16.1. The van der Waals surface area contributed by atoms with Crippen molar-refractivity contribution in [2.45, 2.75) is 102 Å². The molecule has 19 nitrogen and oxygen atoms in total. The van der Waals surface area contributed by atoms with E-state index in [0.29, 0.717) is 136 Å². The van der Waals surface area contributed by atoms with Crippen molar-refractivity contribution in [3.63, 3.8) is 0 Å². The molecule has 7 heterocycles. The Morgan fingerprint density at radius 1 is 0.630 bits per heavy atom. The number of nitrogens with one attached hydrogen (secondary N) is 1. The SMILES string of the molecule is COc1ccc(C2=CN3C(=O)c4cc(C)c(OCCCOc5cc6c(cc5OC)C(=O)N5C=C(c7ccc(NC(=O)C8CCCN8C(=O)[C@@H]8CCCN8C(=O)CCCCCN8C(=O)C=CC8=O)cc7)C[C@H]5C=N6)cc4N=C[C@@H]3C2)cc1. The van der Waals surface area contributed by atoms with Crippen molar-refractivity contribution in [2.24, 2.45) is 9.98 Å². The van der Waals surface area contributed by atoms with Crippen molar-refractivity contribution < 1.29 is 52.5 Å². The van der Waals surface area contributed by atoms with Crippen LogP contribution in [0.1, 0.15) is 108 Å². The van der Waals surface area contributed by atoms with Crippen LogP contribution in [0.5, 0.6) is 23.0 Å². The van der Waals surface area contributed by atoms with Gasteiger partial charge in [0.15, 0.2) is 11.5 Å². The maximum Gasteiger partial charge on any atom is 0.260 e. The standard InChI is InChI=1S/C62H64N8O11/c1-38-28-47-49(63-34-44-30-42(37-69(44)60(47)75)40-15-19-46(78-2)20-16-40)32-53(38)80-26-9-27-81-55-33-50-48(31-54(55)79-3)61(76)70-36-41(29-45(70)35-64-50)39-13-17-43(18-14-39)65-59(74)51-10-7-25-67(51)62(77)52-11-8-24-66(52)56(71)12-5-4-6-23-68-57(72)21-22-58(68)73/h13-22,28,31-37,44-45,51-52H,4-12,23-27,29-30H2,1-3H3,(H,65,74)/t44-,45-,51?,52-/m0/s1. The van der Waals surface area contributed by atoms with Crippen LogP contribution >= 0.6 is 0 Å². The molecule has 0 aliphatic carbocycles. The van der Waals surface area contributed by atoms with E-state index in [9.17, 15) is 33.6 Å². The van der Waals surface area contributed by atoms with Gasteiger partial charge >= 0.3 is 0 Å². The summed E-state index contributed by atoms with van der Waals surface area (Å²) >= 11 is 0. The number of carbonyl (C=O) groups is 7. The number of unbranched alkanes of at least 4 members (excludes halogenated alkanes) is 2. The fraction of sp³-hybridized carbons (Fsp3) is 0.371. The number of nitrogens with zero attached hydrogens (tertiary/aromatic N) is 7. The third kappa shape index (κ3) is 11.2. The second-order valence-electron chi connectivity index (χ2n) is 21.2. The van der Waals surface area contributed by atoms with Gasteiger partial charge in [0.05, 0.1) is 62.0 Å². The first-order chi connectivity index (χ1) is 39.3. The van der Waals surface area contributed by atoms with E-state index < -0.39 is 12.1 Å². The van der Waals surface area contributed by atoms with Gasteiger partial charge in [0, 0.05) is 100 Å². The van der Waals surface area contributed by atoms with Gasteiger partial charge in [0.1, 0.15) is 23.6 Å². The molecule has 0 spiro atoms. The van der Waals surface area contributed by atoms with Crippen LogP contribution in [0.3, 0.4) is 0 Å². The third-order valence-electron chi connectivity index (χ3n) is 16.1. The van der Waals surface area contributed by atoms with E-state index in [-0.39, 0.29) is 66.5 Å². The molecule has 4 aromatic carbocycles. The summed E-state index contributed by atoms with van der Waals surface area (Å²) < 4.78 is 23.4. The molecule has 2 fully saturated rings.